The summed E-state index contributed by atoms with van der Waals surface area (Å²) in [4.78, 5) is 47.6. The summed E-state index contributed by atoms with van der Waals surface area (Å²) in [5.74, 6) is -1.73. The predicted molar refractivity (Wildman–Crippen MR) is 79.0 cm³/mol. The summed E-state index contributed by atoms with van der Waals surface area (Å²) in [6.45, 7) is 3.17. The van der Waals surface area contributed by atoms with Gasteiger partial charge in [0, 0.05) is 12.5 Å². The van der Waals surface area contributed by atoms with Crippen molar-refractivity contribution in [2.75, 3.05) is 13.7 Å². The van der Waals surface area contributed by atoms with Crippen LogP contribution in [-0.4, -0.2) is 47.2 Å². The van der Waals surface area contributed by atoms with Gasteiger partial charge in [-0.05, 0) is 31.0 Å². The zero-order valence-electron chi connectivity index (χ0n) is 13.0. The lowest BCUT2D eigenvalue weighted by atomic mass is 10.0. The standard InChI is InChI=1S/C15H16N2O6/c1-8-4-11(12(17(21)22)5-9(8)2)14(19)16-7-10(18)6-13(16)15(20)23-3/h4-5,13H,6-7H2,1-3H3/t13-/m0/s1. The Hall–Kier alpha value is -2.77. The molecule has 1 atom stereocenters. The molecule has 1 aromatic carbocycles. The highest BCUT2D eigenvalue weighted by Crippen LogP contribution is 2.27. The monoisotopic (exact) mass is 320 g/mol. The predicted octanol–water partition coefficient (Wildman–Crippen LogP) is 1.17. The quantitative estimate of drug-likeness (QED) is 0.470. The molecule has 0 bridgehead atoms. The molecule has 0 unspecified atom stereocenters. The third-order valence-electron chi connectivity index (χ3n) is 3.92. The van der Waals surface area contributed by atoms with Gasteiger partial charge >= 0.3 is 5.97 Å². The minimum Gasteiger partial charge on any atom is -0.467 e. The van der Waals surface area contributed by atoms with E-state index in [9.17, 15) is 24.5 Å². The molecule has 0 aromatic heterocycles. The van der Waals surface area contributed by atoms with Crippen molar-refractivity contribution in [1.29, 1.82) is 0 Å². The van der Waals surface area contributed by atoms with E-state index in [1.165, 1.54) is 12.1 Å². The second-order valence-corrected chi connectivity index (χ2v) is 5.43. The van der Waals surface area contributed by atoms with E-state index in [-0.39, 0.29) is 30.0 Å². The number of esters is 1. The molecular formula is C15H16N2O6. The average molecular weight is 320 g/mol. The number of aryl methyl sites for hydroxylation is 2. The normalized spacial score (nSPS) is 17.3. The number of amides is 1. The molecule has 8 heteroatoms. The van der Waals surface area contributed by atoms with E-state index in [0.29, 0.717) is 11.1 Å². The number of benzene rings is 1. The fraction of sp³-hybridized carbons (Fsp3) is 0.400. The Bertz CT molecular complexity index is 712. The molecule has 1 amide bonds. The Labute approximate surface area is 132 Å². The van der Waals surface area contributed by atoms with Gasteiger partial charge in [-0.1, -0.05) is 0 Å². The van der Waals surface area contributed by atoms with E-state index in [0.717, 1.165) is 12.0 Å². The molecular weight excluding hydrogens is 304 g/mol. The molecule has 2 rings (SSSR count). The Morgan fingerprint density at radius 3 is 2.48 bits per heavy atom. The maximum absolute atomic E-state index is 12.7. The molecule has 1 aromatic rings. The molecule has 0 saturated carbocycles. The van der Waals surface area contributed by atoms with Crippen molar-refractivity contribution >= 4 is 23.3 Å². The zero-order chi connectivity index (χ0) is 17.3. The smallest absolute Gasteiger partial charge is 0.329 e. The van der Waals surface area contributed by atoms with E-state index < -0.39 is 22.8 Å². The minimum atomic E-state index is -1.04. The number of ether oxygens (including phenoxy) is 1. The van der Waals surface area contributed by atoms with Crippen molar-refractivity contribution in [2.45, 2.75) is 26.3 Å². The molecule has 1 aliphatic rings. The van der Waals surface area contributed by atoms with Gasteiger partial charge in [0.25, 0.3) is 11.6 Å². The van der Waals surface area contributed by atoms with Gasteiger partial charge < -0.3 is 9.64 Å². The van der Waals surface area contributed by atoms with Crippen LogP contribution in [0, 0.1) is 24.0 Å². The fourth-order valence-electron chi connectivity index (χ4n) is 2.53. The highest BCUT2D eigenvalue weighted by atomic mass is 16.6. The van der Waals surface area contributed by atoms with Crippen LogP contribution in [0.1, 0.15) is 27.9 Å². The van der Waals surface area contributed by atoms with E-state index in [1.54, 1.807) is 13.8 Å². The van der Waals surface area contributed by atoms with Crippen LogP contribution in [0.4, 0.5) is 5.69 Å². The van der Waals surface area contributed by atoms with E-state index >= 15 is 0 Å². The van der Waals surface area contributed by atoms with Gasteiger partial charge in [0.2, 0.25) is 0 Å². The highest BCUT2D eigenvalue weighted by molar-refractivity contribution is 6.05. The number of carbonyl (C=O) groups excluding carboxylic acids is 3. The van der Waals surface area contributed by atoms with Crippen molar-refractivity contribution in [2.24, 2.45) is 0 Å². The first-order chi connectivity index (χ1) is 10.8. The summed E-state index contributed by atoms with van der Waals surface area (Å²) in [6, 6.07) is 1.68. The molecule has 0 spiro atoms. The number of likely N-dealkylation sites (tertiary alicyclic amines) is 1. The maximum atomic E-state index is 12.7. The molecule has 1 heterocycles. The Kier molecular flexibility index (Phi) is 4.44. The van der Waals surface area contributed by atoms with Crippen LogP contribution in [0.2, 0.25) is 0 Å². The summed E-state index contributed by atoms with van der Waals surface area (Å²) in [5, 5.41) is 11.2. The number of carbonyl (C=O) groups is 3. The molecule has 1 saturated heterocycles. The summed E-state index contributed by atoms with van der Waals surface area (Å²) < 4.78 is 4.60. The molecule has 0 aliphatic carbocycles. The Morgan fingerprint density at radius 1 is 1.30 bits per heavy atom. The van der Waals surface area contributed by atoms with Crippen molar-refractivity contribution in [3.05, 3.63) is 38.9 Å². The van der Waals surface area contributed by atoms with Crippen LogP contribution >= 0.6 is 0 Å². The van der Waals surface area contributed by atoms with Gasteiger partial charge in [-0.3, -0.25) is 19.7 Å². The van der Waals surface area contributed by atoms with E-state index in [4.69, 9.17) is 0 Å². The average Bonchev–Trinajstić information content (AvgIpc) is 2.89. The van der Waals surface area contributed by atoms with Crippen molar-refractivity contribution in [1.82, 2.24) is 4.90 Å². The number of rotatable bonds is 3. The van der Waals surface area contributed by atoms with Crippen molar-refractivity contribution in [3.63, 3.8) is 0 Å². The molecule has 122 valence electrons. The molecule has 1 aliphatic heterocycles. The number of Topliss-reactive ketones (excluding diaryl/α,β-unsaturated/α-hetero) is 1. The number of nitro benzene ring substituents is 1. The third-order valence-corrected chi connectivity index (χ3v) is 3.92. The molecule has 1 fully saturated rings. The summed E-state index contributed by atoms with van der Waals surface area (Å²) in [7, 11) is 1.16. The molecule has 8 nitrogen and oxygen atoms in total. The van der Waals surface area contributed by atoms with Crippen LogP contribution in [0.25, 0.3) is 0 Å². The fourth-order valence-corrected chi connectivity index (χ4v) is 2.53. The largest absolute Gasteiger partial charge is 0.467 e. The van der Waals surface area contributed by atoms with Crippen molar-refractivity contribution in [3.8, 4) is 0 Å². The molecule has 23 heavy (non-hydrogen) atoms. The van der Waals surface area contributed by atoms with Gasteiger partial charge in [0.05, 0.1) is 18.6 Å². The summed E-state index contributed by atoms with van der Waals surface area (Å²) in [6.07, 6.45) is -0.142. The molecule has 0 radical (unpaired) electrons. The van der Waals surface area contributed by atoms with Crippen LogP contribution in [-0.2, 0) is 14.3 Å². The van der Waals surface area contributed by atoms with Crippen LogP contribution in [0.3, 0.4) is 0 Å². The van der Waals surface area contributed by atoms with E-state index in [2.05, 4.69) is 4.74 Å². The van der Waals surface area contributed by atoms with Crippen LogP contribution < -0.4 is 0 Å². The number of methoxy groups -OCH3 is 1. The number of hydrogen-bond donors (Lipinski definition) is 0. The third kappa shape index (κ3) is 3.05. The Morgan fingerprint density at radius 2 is 1.91 bits per heavy atom. The number of nitro groups is 1. The second kappa shape index (κ2) is 6.15. The summed E-state index contributed by atoms with van der Waals surface area (Å²) in [5.41, 5.74) is 0.900. The van der Waals surface area contributed by atoms with Gasteiger partial charge in [0.1, 0.15) is 11.6 Å². The van der Waals surface area contributed by atoms with Gasteiger partial charge in [-0.15, -0.1) is 0 Å². The first kappa shape index (κ1) is 16.6. The van der Waals surface area contributed by atoms with Crippen LogP contribution in [0.5, 0.6) is 0 Å². The lowest BCUT2D eigenvalue weighted by molar-refractivity contribution is -0.385. The topological polar surface area (TPSA) is 107 Å². The van der Waals surface area contributed by atoms with Crippen LogP contribution in [0.15, 0.2) is 12.1 Å². The number of ketones is 1. The van der Waals surface area contributed by atoms with Gasteiger partial charge in [0.15, 0.2) is 5.78 Å². The first-order valence-corrected chi connectivity index (χ1v) is 6.92. The van der Waals surface area contributed by atoms with Gasteiger partial charge in [-0.2, -0.15) is 0 Å². The Balaban J connectivity index is 2.47. The summed E-state index contributed by atoms with van der Waals surface area (Å²) >= 11 is 0. The van der Waals surface area contributed by atoms with Gasteiger partial charge in [-0.25, -0.2) is 4.79 Å². The minimum absolute atomic E-state index is 0.137. The second-order valence-electron chi connectivity index (χ2n) is 5.43. The SMILES string of the molecule is COC(=O)[C@@H]1CC(=O)CN1C(=O)c1cc(C)c(C)cc1[N+](=O)[O-]. The molecule has 0 N–H and O–H groups in total. The zero-order valence-corrected chi connectivity index (χ0v) is 13.0. The maximum Gasteiger partial charge on any atom is 0.329 e. The lowest BCUT2D eigenvalue weighted by Crippen LogP contribution is -2.41. The highest BCUT2D eigenvalue weighted by Gasteiger charge is 2.41. The number of nitrogens with zero attached hydrogens (tertiary/aromatic N) is 2. The number of hydrogen-bond acceptors (Lipinski definition) is 6. The van der Waals surface area contributed by atoms with E-state index in [1.807, 2.05) is 0 Å². The van der Waals surface area contributed by atoms with Crippen molar-refractivity contribution < 1.29 is 24.0 Å². The first-order valence-electron chi connectivity index (χ1n) is 6.92. The lowest BCUT2D eigenvalue weighted by Gasteiger charge is -2.22.